The van der Waals surface area contributed by atoms with Gasteiger partial charge in [-0.25, -0.2) is 0 Å². The Labute approximate surface area is 226 Å². The zero-order chi connectivity index (χ0) is 29.0. The third kappa shape index (κ3) is 10.4. The average Bonchev–Trinajstić information content (AvgIpc) is 2.89. The molecule has 0 saturated carbocycles. The van der Waals surface area contributed by atoms with Crippen LogP contribution < -0.4 is 14.8 Å². The number of methoxy groups -OCH3 is 1. The number of hydrogen-bond donors (Lipinski definition) is 1. The Morgan fingerprint density at radius 2 is 1.34 bits per heavy atom. The molecule has 0 aliphatic carbocycles. The lowest BCUT2D eigenvalue weighted by molar-refractivity contribution is -0.148. The van der Waals surface area contributed by atoms with E-state index in [9.17, 15) is 19.2 Å². The van der Waals surface area contributed by atoms with Crippen LogP contribution in [0.4, 0.5) is 0 Å². The molecule has 4 atom stereocenters. The highest BCUT2D eigenvalue weighted by Gasteiger charge is 2.25. The second-order valence-corrected chi connectivity index (χ2v) is 10.4. The first kappa shape index (κ1) is 33.1. The number of rotatable bonds is 15. The molecule has 38 heavy (non-hydrogen) atoms. The standard InChI is InChI=1S/C29H45NO8/c1-10-19(6)26(31)36-14-13-30-23(29(34)35-9)15-22-11-12-24(37-27(32)20(7)17(2)3)25(16-22)38-28(33)21(8)18(4)5/h11-12,16-21,23,30H,10,13-15H2,1-9H3/t19?,20?,21?,23-/m0/s1. The predicted molar refractivity (Wildman–Crippen MR) is 144 cm³/mol. The van der Waals surface area contributed by atoms with Crippen LogP contribution in [-0.4, -0.2) is 50.2 Å². The molecule has 0 amide bonds. The van der Waals surface area contributed by atoms with Crippen molar-refractivity contribution < 1.29 is 38.1 Å². The maximum Gasteiger partial charge on any atom is 0.323 e. The van der Waals surface area contributed by atoms with Crippen molar-refractivity contribution in [3.63, 3.8) is 0 Å². The van der Waals surface area contributed by atoms with Crippen LogP contribution in [0.5, 0.6) is 11.5 Å². The molecule has 1 aromatic rings. The predicted octanol–water partition coefficient (Wildman–Crippen LogP) is 4.34. The maximum absolute atomic E-state index is 12.7. The van der Waals surface area contributed by atoms with Crippen molar-refractivity contribution in [2.45, 2.75) is 74.3 Å². The van der Waals surface area contributed by atoms with E-state index in [0.29, 0.717) is 12.0 Å². The minimum atomic E-state index is -0.741. The average molecular weight is 536 g/mol. The summed E-state index contributed by atoms with van der Waals surface area (Å²) in [5, 5.41) is 3.05. The van der Waals surface area contributed by atoms with Crippen molar-refractivity contribution in [2.75, 3.05) is 20.3 Å². The largest absolute Gasteiger partial charge is 0.468 e. The quantitative estimate of drug-likeness (QED) is 0.199. The summed E-state index contributed by atoms with van der Waals surface area (Å²) < 4.78 is 21.4. The molecule has 9 nitrogen and oxygen atoms in total. The molecule has 0 aromatic heterocycles. The van der Waals surface area contributed by atoms with Crippen LogP contribution in [0.25, 0.3) is 0 Å². The molecule has 0 saturated heterocycles. The molecule has 0 heterocycles. The number of hydrogen-bond acceptors (Lipinski definition) is 9. The van der Waals surface area contributed by atoms with E-state index >= 15 is 0 Å². The van der Waals surface area contributed by atoms with Crippen LogP contribution in [0.2, 0.25) is 0 Å². The van der Waals surface area contributed by atoms with E-state index in [0.717, 1.165) is 0 Å². The Morgan fingerprint density at radius 3 is 1.84 bits per heavy atom. The van der Waals surface area contributed by atoms with Gasteiger partial charge in [0, 0.05) is 6.54 Å². The van der Waals surface area contributed by atoms with Gasteiger partial charge < -0.3 is 24.3 Å². The Morgan fingerprint density at radius 1 is 0.789 bits per heavy atom. The number of benzene rings is 1. The van der Waals surface area contributed by atoms with Crippen LogP contribution in [0.1, 0.15) is 67.4 Å². The molecule has 0 spiro atoms. The summed E-state index contributed by atoms with van der Waals surface area (Å²) in [6.45, 7) is 15.3. The monoisotopic (exact) mass is 535 g/mol. The fraction of sp³-hybridized carbons (Fsp3) is 0.655. The van der Waals surface area contributed by atoms with Crippen LogP contribution in [-0.2, 0) is 35.1 Å². The highest BCUT2D eigenvalue weighted by molar-refractivity contribution is 5.79. The van der Waals surface area contributed by atoms with E-state index in [2.05, 4.69) is 5.32 Å². The van der Waals surface area contributed by atoms with Gasteiger partial charge >= 0.3 is 23.9 Å². The summed E-state index contributed by atoms with van der Waals surface area (Å²) >= 11 is 0. The SMILES string of the molecule is CCC(C)C(=O)OCCN[C@@H](Cc1ccc(OC(=O)C(C)C(C)C)c(OC(=O)C(C)C(C)C)c1)C(=O)OC. The molecule has 1 aromatic carbocycles. The smallest absolute Gasteiger partial charge is 0.323 e. The number of carbonyl (C=O) groups is 4. The van der Waals surface area contributed by atoms with E-state index in [-0.39, 0.29) is 66.6 Å². The first-order valence-electron chi connectivity index (χ1n) is 13.4. The molecule has 214 valence electrons. The van der Waals surface area contributed by atoms with Gasteiger partial charge in [0.25, 0.3) is 0 Å². The van der Waals surface area contributed by atoms with Gasteiger partial charge in [0.15, 0.2) is 11.5 Å². The summed E-state index contributed by atoms with van der Waals surface area (Å²) in [4.78, 5) is 49.7. The highest BCUT2D eigenvalue weighted by atomic mass is 16.6. The van der Waals surface area contributed by atoms with E-state index in [4.69, 9.17) is 18.9 Å². The van der Waals surface area contributed by atoms with E-state index in [1.165, 1.54) is 7.11 Å². The van der Waals surface area contributed by atoms with E-state index < -0.39 is 23.9 Å². The Balaban J connectivity index is 3.12. The van der Waals surface area contributed by atoms with Crippen molar-refractivity contribution >= 4 is 23.9 Å². The first-order chi connectivity index (χ1) is 17.8. The van der Waals surface area contributed by atoms with Gasteiger partial charge in [-0.05, 0) is 42.4 Å². The lowest BCUT2D eigenvalue weighted by Gasteiger charge is -2.20. The molecule has 0 radical (unpaired) electrons. The second-order valence-electron chi connectivity index (χ2n) is 10.4. The van der Waals surface area contributed by atoms with Gasteiger partial charge in [0.2, 0.25) is 0 Å². The van der Waals surface area contributed by atoms with E-state index in [1.54, 1.807) is 39.0 Å². The van der Waals surface area contributed by atoms with Gasteiger partial charge in [0.1, 0.15) is 12.6 Å². The zero-order valence-electron chi connectivity index (χ0n) is 24.3. The first-order valence-corrected chi connectivity index (χ1v) is 13.4. The van der Waals surface area contributed by atoms with Crippen molar-refractivity contribution in [1.29, 1.82) is 0 Å². The fourth-order valence-corrected chi connectivity index (χ4v) is 3.10. The molecule has 0 aliphatic rings. The van der Waals surface area contributed by atoms with Gasteiger partial charge in [-0.3, -0.25) is 19.2 Å². The number of ether oxygens (including phenoxy) is 4. The topological polar surface area (TPSA) is 117 Å². The van der Waals surface area contributed by atoms with Crippen molar-refractivity contribution in [3.05, 3.63) is 23.8 Å². The minimum absolute atomic E-state index is 0.0555. The summed E-state index contributed by atoms with van der Waals surface area (Å²) in [7, 11) is 1.29. The molecule has 9 heteroatoms. The Hall–Kier alpha value is -2.94. The molecule has 3 unspecified atom stereocenters. The van der Waals surface area contributed by atoms with E-state index in [1.807, 2.05) is 34.6 Å². The van der Waals surface area contributed by atoms with Gasteiger partial charge in [0.05, 0.1) is 24.9 Å². The molecule has 0 bridgehead atoms. The van der Waals surface area contributed by atoms with Gasteiger partial charge in [-0.1, -0.05) is 61.5 Å². The zero-order valence-corrected chi connectivity index (χ0v) is 24.3. The van der Waals surface area contributed by atoms with Crippen LogP contribution in [0.3, 0.4) is 0 Å². The van der Waals surface area contributed by atoms with Crippen LogP contribution >= 0.6 is 0 Å². The molecule has 1 N–H and O–H groups in total. The fourth-order valence-electron chi connectivity index (χ4n) is 3.10. The Kier molecular flexibility index (Phi) is 14.0. The Bertz CT molecular complexity index is 943. The highest BCUT2D eigenvalue weighted by Crippen LogP contribution is 2.31. The third-order valence-corrected chi connectivity index (χ3v) is 6.85. The summed E-state index contributed by atoms with van der Waals surface area (Å²) in [6.07, 6.45) is 0.883. The molecule has 0 fully saturated rings. The van der Waals surface area contributed by atoms with Gasteiger partial charge in [-0.2, -0.15) is 0 Å². The number of esters is 4. The lowest BCUT2D eigenvalue weighted by atomic mass is 9.98. The van der Waals surface area contributed by atoms with Crippen LogP contribution in [0.15, 0.2) is 18.2 Å². The summed E-state index contributed by atoms with van der Waals surface area (Å²) in [5.74, 6) is -2.21. The lowest BCUT2D eigenvalue weighted by Crippen LogP contribution is -2.41. The molecular formula is C29H45NO8. The third-order valence-electron chi connectivity index (χ3n) is 6.85. The van der Waals surface area contributed by atoms with Crippen molar-refractivity contribution in [2.24, 2.45) is 29.6 Å². The second kappa shape index (κ2) is 16.1. The molecule has 0 aliphatic heterocycles. The maximum atomic E-state index is 12.7. The normalized spacial score (nSPS) is 14.4. The molecule has 1 rings (SSSR count). The van der Waals surface area contributed by atoms with Crippen molar-refractivity contribution in [3.8, 4) is 11.5 Å². The minimum Gasteiger partial charge on any atom is -0.468 e. The summed E-state index contributed by atoms with van der Waals surface area (Å²) in [6, 6.07) is 4.11. The number of carbonyl (C=O) groups excluding carboxylic acids is 4. The van der Waals surface area contributed by atoms with Crippen LogP contribution in [0, 0.1) is 29.6 Å². The summed E-state index contributed by atoms with van der Waals surface area (Å²) in [5.41, 5.74) is 0.654. The molecular weight excluding hydrogens is 490 g/mol. The number of nitrogens with one attached hydrogen (secondary N) is 1. The van der Waals surface area contributed by atoms with Crippen molar-refractivity contribution in [1.82, 2.24) is 5.32 Å². The van der Waals surface area contributed by atoms with Gasteiger partial charge in [-0.15, -0.1) is 0 Å².